The van der Waals surface area contributed by atoms with E-state index in [1.165, 1.54) is 0 Å². The van der Waals surface area contributed by atoms with Crippen molar-refractivity contribution >= 4 is 17.5 Å². The minimum atomic E-state index is -0.592. The fraction of sp³-hybridized carbons (Fsp3) is 0.500. The van der Waals surface area contributed by atoms with Crippen molar-refractivity contribution in [3.8, 4) is 0 Å². The zero-order chi connectivity index (χ0) is 15.8. The summed E-state index contributed by atoms with van der Waals surface area (Å²) >= 11 is 0. The van der Waals surface area contributed by atoms with E-state index in [2.05, 4.69) is 17.6 Å². The molecule has 1 rings (SSSR count). The fourth-order valence-electron chi connectivity index (χ4n) is 1.91. The highest BCUT2D eigenvalue weighted by Gasteiger charge is 2.17. The molecule has 0 radical (unpaired) electrons. The summed E-state index contributed by atoms with van der Waals surface area (Å²) in [6, 6.07) is 7.09. The number of carbonyl (C=O) groups is 2. The van der Waals surface area contributed by atoms with Crippen molar-refractivity contribution in [2.45, 2.75) is 39.7 Å². The number of para-hydroxylation sites is 1. The van der Waals surface area contributed by atoms with E-state index in [1.54, 1.807) is 0 Å². The second-order valence-electron chi connectivity index (χ2n) is 5.44. The Morgan fingerprint density at radius 2 is 1.90 bits per heavy atom. The van der Waals surface area contributed by atoms with Gasteiger partial charge in [0.1, 0.15) is 0 Å². The van der Waals surface area contributed by atoms with Gasteiger partial charge in [0.2, 0.25) is 11.8 Å². The quantitative estimate of drug-likeness (QED) is 0.714. The third-order valence-corrected chi connectivity index (χ3v) is 3.25. The zero-order valence-corrected chi connectivity index (χ0v) is 13.0. The number of aryl methyl sites for hydroxylation is 1. The van der Waals surface area contributed by atoms with Crippen molar-refractivity contribution in [1.29, 1.82) is 0 Å². The van der Waals surface area contributed by atoms with Gasteiger partial charge in [0.15, 0.2) is 0 Å². The van der Waals surface area contributed by atoms with E-state index in [-0.39, 0.29) is 24.3 Å². The van der Waals surface area contributed by atoms with Gasteiger partial charge in [-0.3, -0.25) is 9.59 Å². The molecule has 1 atom stereocenters. The molecule has 116 valence electrons. The van der Waals surface area contributed by atoms with Gasteiger partial charge >= 0.3 is 0 Å². The lowest BCUT2D eigenvalue weighted by molar-refractivity contribution is -0.125. The Balaban J connectivity index is 2.53. The molecule has 0 heterocycles. The molecule has 0 unspecified atom stereocenters. The second kappa shape index (κ2) is 8.42. The molecule has 0 aliphatic heterocycles. The number of hydrogen-bond donors (Lipinski definition) is 3. The minimum absolute atomic E-state index is 0.0401. The molecule has 0 spiro atoms. The van der Waals surface area contributed by atoms with Gasteiger partial charge in [-0.05, 0) is 24.0 Å². The van der Waals surface area contributed by atoms with Crippen molar-refractivity contribution < 1.29 is 9.59 Å². The molecule has 0 saturated carbocycles. The van der Waals surface area contributed by atoms with Gasteiger partial charge in [0.25, 0.3) is 0 Å². The zero-order valence-electron chi connectivity index (χ0n) is 13.0. The molecule has 0 saturated heterocycles. The van der Waals surface area contributed by atoms with Crippen LogP contribution in [-0.4, -0.2) is 24.4 Å². The summed E-state index contributed by atoms with van der Waals surface area (Å²) in [6.45, 7) is 5.75. The topological polar surface area (TPSA) is 84.2 Å². The van der Waals surface area contributed by atoms with Gasteiger partial charge in [0.05, 0.1) is 12.6 Å². The van der Waals surface area contributed by atoms with Crippen molar-refractivity contribution in [2.24, 2.45) is 11.7 Å². The van der Waals surface area contributed by atoms with Crippen LogP contribution in [0.2, 0.25) is 0 Å². The van der Waals surface area contributed by atoms with Crippen LogP contribution in [0.4, 0.5) is 5.69 Å². The van der Waals surface area contributed by atoms with Crippen molar-refractivity contribution in [1.82, 2.24) is 5.32 Å². The predicted octanol–water partition coefficient (Wildman–Crippen LogP) is 1.68. The van der Waals surface area contributed by atoms with Crippen LogP contribution in [0.5, 0.6) is 0 Å². The van der Waals surface area contributed by atoms with E-state index < -0.39 is 6.04 Å². The number of nitrogens with one attached hydrogen (secondary N) is 2. The number of anilines is 1. The van der Waals surface area contributed by atoms with E-state index in [0.29, 0.717) is 0 Å². The van der Waals surface area contributed by atoms with E-state index in [1.807, 2.05) is 38.1 Å². The smallest absolute Gasteiger partial charge is 0.243 e. The maximum absolute atomic E-state index is 11.9. The van der Waals surface area contributed by atoms with Crippen LogP contribution in [-0.2, 0) is 16.0 Å². The average molecular weight is 291 g/mol. The molecule has 0 fully saturated rings. The van der Waals surface area contributed by atoms with Crippen molar-refractivity contribution in [3.05, 3.63) is 29.8 Å². The third-order valence-electron chi connectivity index (χ3n) is 3.25. The SMILES string of the molecule is CCCc1ccccc1NC(=O)CNC(=O)[C@@H](N)C(C)C. The number of hydrogen-bond acceptors (Lipinski definition) is 3. The molecule has 1 aromatic carbocycles. The summed E-state index contributed by atoms with van der Waals surface area (Å²) < 4.78 is 0. The molecule has 0 aliphatic rings. The van der Waals surface area contributed by atoms with Crippen molar-refractivity contribution in [3.63, 3.8) is 0 Å². The molecular formula is C16H25N3O2. The molecule has 5 nitrogen and oxygen atoms in total. The lowest BCUT2D eigenvalue weighted by Crippen LogP contribution is -2.46. The molecule has 0 aromatic heterocycles. The molecule has 1 aromatic rings. The van der Waals surface area contributed by atoms with Gasteiger partial charge in [-0.25, -0.2) is 0 Å². The highest BCUT2D eigenvalue weighted by molar-refractivity contribution is 5.95. The van der Waals surface area contributed by atoms with Crippen molar-refractivity contribution in [2.75, 3.05) is 11.9 Å². The maximum atomic E-state index is 11.9. The third kappa shape index (κ3) is 5.55. The molecule has 21 heavy (non-hydrogen) atoms. The molecular weight excluding hydrogens is 266 g/mol. The largest absolute Gasteiger partial charge is 0.346 e. The normalized spacial score (nSPS) is 12.0. The molecule has 0 aliphatic carbocycles. The predicted molar refractivity (Wildman–Crippen MR) is 84.9 cm³/mol. The molecule has 4 N–H and O–H groups in total. The van der Waals surface area contributed by atoms with Crippen LogP contribution >= 0.6 is 0 Å². The monoisotopic (exact) mass is 291 g/mol. The number of benzene rings is 1. The van der Waals surface area contributed by atoms with Crippen LogP contribution in [0.1, 0.15) is 32.8 Å². The van der Waals surface area contributed by atoms with Crippen LogP contribution in [0.15, 0.2) is 24.3 Å². The first-order chi connectivity index (χ1) is 9.95. The second-order valence-corrected chi connectivity index (χ2v) is 5.44. The number of carbonyl (C=O) groups excluding carboxylic acids is 2. The minimum Gasteiger partial charge on any atom is -0.346 e. The Hall–Kier alpha value is -1.88. The Morgan fingerprint density at radius 3 is 2.52 bits per heavy atom. The van der Waals surface area contributed by atoms with E-state index in [4.69, 9.17) is 5.73 Å². The van der Waals surface area contributed by atoms with Gasteiger partial charge in [0, 0.05) is 5.69 Å². The van der Waals surface area contributed by atoms with E-state index in [9.17, 15) is 9.59 Å². The van der Waals surface area contributed by atoms with Gasteiger partial charge < -0.3 is 16.4 Å². The van der Waals surface area contributed by atoms with E-state index >= 15 is 0 Å². The standard InChI is InChI=1S/C16H25N3O2/c1-4-7-12-8-5-6-9-13(12)19-14(20)10-18-16(21)15(17)11(2)3/h5-6,8-9,11,15H,4,7,10,17H2,1-3H3,(H,18,21)(H,19,20)/t15-/m0/s1. The fourth-order valence-corrected chi connectivity index (χ4v) is 1.91. The molecule has 2 amide bonds. The van der Waals surface area contributed by atoms with Crippen LogP contribution in [0.3, 0.4) is 0 Å². The Morgan fingerprint density at radius 1 is 1.24 bits per heavy atom. The summed E-state index contributed by atoms with van der Waals surface area (Å²) in [7, 11) is 0. The Bertz CT molecular complexity index is 486. The number of amides is 2. The first-order valence-electron chi connectivity index (χ1n) is 7.36. The number of nitrogens with two attached hydrogens (primary N) is 1. The maximum Gasteiger partial charge on any atom is 0.243 e. The Labute approximate surface area is 126 Å². The molecule has 5 heteroatoms. The summed E-state index contributed by atoms with van der Waals surface area (Å²) in [6.07, 6.45) is 1.91. The lowest BCUT2D eigenvalue weighted by Gasteiger charge is -2.15. The van der Waals surface area contributed by atoms with Crippen LogP contribution < -0.4 is 16.4 Å². The van der Waals surface area contributed by atoms with Gasteiger partial charge in [-0.2, -0.15) is 0 Å². The van der Waals surface area contributed by atoms with Crippen LogP contribution in [0.25, 0.3) is 0 Å². The van der Waals surface area contributed by atoms with Gasteiger partial charge in [-0.15, -0.1) is 0 Å². The lowest BCUT2D eigenvalue weighted by atomic mass is 10.1. The highest BCUT2D eigenvalue weighted by atomic mass is 16.2. The summed E-state index contributed by atoms with van der Waals surface area (Å²) in [4.78, 5) is 23.6. The first kappa shape index (κ1) is 17.2. The highest BCUT2D eigenvalue weighted by Crippen LogP contribution is 2.16. The summed E-state index contributed by atoms with van der Waals surface area (Å²) in [5.74, 6) is -0.511. The van der Waals surface area contributed by atoms with Crippen LogP contribution in [0, 0.1) is 5.92 Å². The van der Waals surface area contributed by atoms with E-state index in [0.717, 1.165) is 24.1 Å². The Kier molecular flexibility index (Phi) is 6.88. The molecule has 0 bridgehead atoms. The number of rotatable bonds is 7. The van der Waals surface area contributed by atoms with Gasteiger partial charge in [-0.1, -0.05) is 45.4 Å². The summed E-state index contributed by atoms with van der Waals surface area (Å²) in [5, 5.41) is 5.38. The summed E-state index contributed by atoms with van der Waals surface area (Å²) in [5.41, 5.74) is 7.61. The average Bonchev–Trinajstić information content (AvgIpc) is 2.46. The first-order valence-corrected chi connectivity index (χ1v) is 7.36.